The number of phenolic OH excluding ortho intramolecular Hbond substituents is 1. The van der Waals surface area contributed by atoms with Crippen molar-refractivity contribution < 1.29 is 24.3 Å². The topological polar surface area (TPSA) is 208 Å². The highest BCUT2D eigenvalue weighted by Gasteiger charge is 2.22. The number of phenols is 1. The number of aryl methyl sites for hydroxylation is 4. The number of aliphatic imine (C=N–C) groups is 1. The van der Waals surface area contributed by atoms with Crippen molar-refractivity contribution in [1.29, 1.82) is 0 Å². The van der Waals surface area contributed by atoms with Gasteiger partial charge >= 0.3 is 0 Å². The Labute approximate surface area is 293 Å². The maximum absolute atomic E-state index is 13.4. The van der Waals surface area contributed by atoms with Gasteiger partial charge < -0.3 is 20.3 Å². The van der Waals surface area contributed by atoms with Gasteiger partial charge in [0.05, 0.1) is 16.9 Å². The zero-order valence-corrected chi connectivity index (χ0v) is 28.9. The van der Waals surface area contributed by atoms with Gasteiger partial charge in [0.1, 0.15) is 28.9 Å². The zero-order chi connectivity index (χ0) is 36.8. The number of nitrogens with one attached hydrogen (secondary N) is 2. The quantitative estimate of drug-likeness (QED) is 0.0652. The van der Waals surface area contributed by atoms with Gasteiger partial charge in [-0.05, 0) is 76.2 Å². The first-order valence-corrected chi connectivity index (χ1v) is 16.2. The molecule has 264 valence electrons. The molecule has 0 spiro atoms. The third-order valence-electron chi connectivity index (χ3n) is 7.97. The Morgan fingerprint density at radius 2 is 1.57 bits per heavy atom. The number of hydrogen-bond donors (Lipinski definition) is 4. The lowest BCUT2D eigenvalue weighted by atomic mass is 10.2. The number of carbonyl (C=O) groups is 4. The number of nitrogens with two attached hydrogens (primary N) is 1. The van der Waals surface area contributed by atoms with Crippen molar-refractivity contribution in [2.45, 2.75) is 47.3 Å². The molecule has 0 unspecified atom stereocenters. The molecule has 3 heterocycles. The van der Waals surface area contributed by atoms with E-state index in [0.29, 0.717) is 64.4 Å². The molecule has 3 aromatic heterocycles. The van der Waals surface area contributed by atoms with Gasteiger partial charge in [0.2, 0.25) is 17.8 Å². The first kappa shape index (κ1) is 35.7. The van der Waals surface area contributed by atoms with Crippen LogP contribution in [0.4, 0.5) is 11.6 Å². The fourth-order valence-electron chi connectivity index (χ4n) is 5.60. The van der Waals surface area contributed by atoms with Crippen molar-refractivity contribution in [2.75, 3.05) is 23.8 Å². The number of aromatic hydroxyl groups is 1. The Kier molecular flexibility index (Phi) is 10.7. The van der Waals surface area contributed by atoms with Crippen LogP contribution in [-0.4, -0.2) is 77.8 Å². The molecule has 3 amide bonds. The van der Waals surface area contributed by atoms with Gasteiger partial charge in [-0.2, -0.15) is 10.2 Å². The highest BCUT2D eigenvalue weighted by Crippen LogP contribution is 2.30. The van der Waals surface area contributed by atoms with E-state index in [-0.39, 0.29) is 36.3 Å². The van der Waals surface area contributed by atoms with Crippen LogP contribution in [0.25, 0.3) is 11.0 Å². The molecule has 16 nitrogen and oxygen atoms in total. The molecule has 0 radical (unpaired) electrons. The summed E-state index contributed by atoms with van der Waals surface area (Å²) in [5.74, 6) is -1.26. The molecule has 51 heavy (non-hydrogen) atoms. The minimum absolute atomic E-state index is 0.139. The number of amides is 3. The SMILES string of the molecule is CCn1nc(C)cc1C(=O)NC(=NC)N(C/C=C/Cn1c(NC(=O)c2cc(C)nn2CC)nc2cc(C=O)cc(O)c21)c1ccc(C(N)=O)cc1. The number of allylic oxidation sites excluding steroid dienone is 1. The van der Waals surface area contributed by atoms with Gasteiger partial charge in [0.15, 0.2) is 0 Å². The van der Waals surface area contributed by atoms with Crippen molar-refractivity contribution in [3.8, 4) is 5.75 Å². The summed E-state index contributed by atoms with van der Waals surface area (Å²) in [4.78, 5) is 60.7. The number of carbonyl (C=O) groups excluding carboxylic acids is 4. The Hall–Kier alpha value is -6.58. The van der Waals surface area contributed by atoms with Crippen LogP contribution in [0.1, 0.15) is 66.9 Å². The minimum Gasteiger partial charge on any atom is -0.506 e. The third-order valence-corrected chi connectivity index (χ3v) is 7.97. The predicted molar refractivity (Wildman–Crippen MR) is 192 cm³/mol. The van der Waals surface area contributed by atoms with Crippen LogP contribution in [0, 0.1) is 13.8 Å². The number of imidazole rings is 1. The average Bonchev–Trinajstić information content (AvgIpc) is 3.81. The molecule has 5 aromatic rings. The molecule has 5 N–H and O–H groups in total. The molecule has 16 heteroatoms. The number of aldehydes is 1. The number of hydrogen-bond acceptors (Lipinski definition) is 9. The summed E-state index contributed by atoms with van der Waals surface area (Å²) in [6.45, 7) is 8.66. The smallest absolute Gasteiger partial charge is 0.276 e. The van der Waals surface area contributed by atoms with Crippen LogP contribution in [0.2, 0.25) is 0 Å². The summed E-state index contributed by atoms with van der Waals surface area (Å²) >= 11 is 0. The van der Waals surface area contributed by atoms with Crippen LogP contribution in [-0.2, 0) is 19.6 Å². The van der Waals surface area contributed by atoms with Gasteiger partial charge in [0, 0.05) is 50.0 Å². The van der Waals surface area contributed by atoms with Crippen LogP contribution >= 0.6 is 0 Å². The summed E-state index contributed by atoms with van der Waals surface area (Å²) in [7, 11) is 1.54. The molecule has 5 rings (SSSR count). The van der Waals surface area contributed by atoms with Gasteiger partial charge in [-0.25, -0.2) is 4.98 Å². The lowest BCUT2D eigenvalue weighted by Gasteiger charge is -2.25. The zero-order valence-electron chi connectivity index (χ0n) is 28.9. The molecule has 0 bridgehead atoms. The van der Waals surface area contributed by atoms with Gasteiger partial charge in [-0.3, -0.25) is 44.2 Å². The summed E-state index contributed by atoms with van der Waals surface area (Å²) in [6, 6.07) is 12.7. The molecular weight excluding hydrogens is 654 g/mol. The van der Waals surface area contributed by atoms with E-state index in [1.165, 1.54) is 12.1 Å². The molecule has 0 saturated heterocycles. The lowest BCUT2D eigenvalue weighted by molar-refractivity contribution is 0.0963. The number of aromatic nitrogens is 6. The Bertz CT molecular complexity index is 2170. The highest BCUT2D eigenvalue weighted by molar-refractivity contribution is 6.10. The average molecular weight is 694 g/mol. The van der Waals surface area contributed by atoms with Crippen LogP contribution in [0.15, 0.2) is 65.7 Å². The predicted octanol–water partition coefficient (Wildman–Crippen LogP) is 3.43. The van der Waals surface area contributed by atoms with Crippen molar-refractivity contribution in [1.82, 2.24) is 34.4 Å². The van der Waals surface area contributed by atoms with Crippen LogP contribution in [0.5, 0.6) is 5.75 Å². The number of guanidine groups is 1. The number of fused-ring (bicyclic) bond motifs is 1. The van der Waals surface area contributed by atoms with Crippen LogP contribution in [0.3, 0.4) is 0 Å². The van der Waals surface area contributed by atoms with Crippen molar-refractivity contribution in [3.05, 3.63) is 94.6 Å². The summed E-state index contributed by atoms with van der Waals surface area (Å²) in [5.41, 5.74) is 9.30. The molecule has 0 atom stereocenters. The van der Waals surface area contributed by atoms with E-state index in [1.807, 2.05) is 19.9 Å². The number of rotatable bonds is 12. The van der Waals surface area contributed by atoms with E-state index in [1.54, 1.807) is 82.2 Å². The lowest BCUT2D eigenvalue weighted by Crippen LogP contribution is -2.45. The second-order valence-electron chi connectivity index (χ2n) is 11.5. The highest BCUT2D eigenvalue weighted by atomic mass is 16.3. The Morgan fingerprint density at radius 3 is 2.14 bits per heavy atom. The number of nitrogens with zero attached hydrogens (tertiary/aromatic N) is 8. The second-order valence-corrected chi connectivity index (χ2v) is 11.5. The number of anilines is 2. The Balaban J connectivity index is 1.46. The monoisotopic (exact) mass is 693 g/mol. The van der Waals surface area contributed by atoms with E-state index in [2.05, 4.69) is 30.8 Å². The van der Waals surface area contributed by atoms with Crippen molar-refractivity contribution in [3.63, 3.8) is 0 Å². The normalized spacial score (nSPS) is 11.7. The second kappa shape index (κ2) is 15.3. The largest absolute Gasteiger partial charge is 0.506 e. The van der Waals surface area contributed by atoms with E-state index < -0.39 is 17.7 Å². The summed E-state index contributed by atoms with van der Waals surface area (Å²) in [5, 5.41) is 25.3. The first-order chi connectivity index (χ1) is 24.5. The summed E-state index contributed by atoms with van der Waals surface area (Å²) in [6.07, 6.45) is 4.20. The molecule has 2 aromatic carbocycles. The van der Waals surface area contributed by atoms with Gasteiger partial charge in [0.25, 0.3) is 11.8 Å². The van der Waals surface area contributed by atoms with Crippen molar-refractivity contribution >= 4 is 52.6 Å². The van der Waals surface area contributed by atoms with Gasteiger partial charge in [-0.15, -0.1) is 0 Å². The molecule has 0 aliphatic heterocycles. The maximum Gasteiger partial charge on any atom is 0.276 e. The standard InChI is InChI=1S/C35H39N11O5/c1-6-45-27(16-21(3)41-45)32(50)39-34(37-5)43(25-12-10-24(11-13-25)31(36)49)14-8-9-15-44-30-26(18-23(20-47)19-29(30)48)38-35(44)40-33(51)28-17-22(4)42-46(28)7-2/h8-13,16-20,48H,6-7,14-15H2,1-5H3,(H2,36,49)(H,37,39,50)(H,38,40,51)/b9-8+. The Morgan fingerprint density at radius 1 is 0.941 bits per heavy atom. The summed E-state index contributed by atoms with van der Waals surface area (Å²) < 4.78 is 4.79. The van der Waals surface area contributed by atoms with E-state index >= 15 is 0 Å². The molecule has 0 fully saturated rings. The fourth-order valence-corrected chi connectivity index (χ4v) is 5.60. The maximum atomic E-state index is 13.4. The first-order valence-electron chi connectivity index (χ1n) is 16.2. The van der Waals surface area contributed by atoms with E-state index in [9.17, 15) is 24.3 Å². The minimum atomic E-state index is -0.581. The van der Waals surface area contributed by atoms with E-state index in [0.717, 1.165) is 0 Å². The number of primary amides is 1. The molecule has 0 aliphatic carbocycles. The third kappa shape index (κ3) is 7.69. The van der Waals surface area contributed by atoms with E-state index in [4.69, 9.17) is 5.73 Å². The molecule has 0 saturated carbocycles. The van der Waals surface area contributed by atoms with Crippen molar-refractivity contribution in [2.24, 2.45) is 10.7 Å². The fraction of sp³-hybridized carbons (Fsp3) is 0.257. The molecule has 0 aliphatic rings. The molecular formula is C35H39N11O5. The number of benzene rings is 2. The van der Waals surface area contributed by atoms with Gasteiger partial charge in [-0.1, -0.05) is 12.2 Å². The van der Waals surface area contributed by atoms with Crippen LogP contribution < -0.4 is 21.3 Å².